The van der Waals surface area contributed by atoms with Gasteiger partial charge < -0.3 is 24.8 Å². The number of aromatic amines is 1. The Kier molecular flexibility index (Phi) is 7.77. The van der Waals surface area contributed by atoms with E-state index in [0.717, 1.165) is 35.1 Å². The number of nitrogens with zero attached hydrogens (tertiary/aromatic N) is 1. The molecule has 0 bridgehead atoms. The second-order valence-electron chi connectivity index (χ2n) is 7.20. The SMILES string of the molecule is COCCNC(=S)N(CC[NH+](C)C)Cc1cc2ccc(C)c(C)c2[nH]c1=O. The van der Waals surface area contributed by atoms with Crippen molar-refractivity contribution in [1.82, 2.24) is 15.2 Å². The van der Waals surface area contributed by atoms with Gasteiger partial charge in [0, 0.05) is 19.2 Å². The molecular weight excluding hydrogens is 360 g/mol. The lowest BCUT2D eigenvalue weighted by Crippen LogP contribution is -3.06. The van der Waals surface area contributed by atoms with Crippen molar-refractivity contribution in [2.45, 2.75) is 20.4 Å². The van der Waals surface area contributed by atoms with Crippen molar-refractivity contribution in [3.63, 3.8) is 0 Å². The van der Waals surface area contributed by atoms with Gasteiger partial charge in [-0.05, 0) is 48.6 Å². The van der Waals surface area contributed by atoms with E-state index in [2.05, 4.69) is 48.4 Å². The standard InChI is InChI=1S/C20H30N4O2S/c1-14-6-7-16-12-17(19(25)22-18(16)15(14)2)13-24(10-9-23(3)4)20(27)21-8-11-26-5/h6-7,12H,8-11,13H2,1-5H3,(H,21,27)(H,22,25)/p+1. The number of rotatable bonds is 8. The fraction of sp³-hybridized carbons (Fsp3) is 0.500. The van der Waals surface area contributed by atoms with Gasteiger partial charge in [0.05, 0.1) is 45.9 Å². The van der Waals surface area contributed by atoms with E-state index in [4.69, 9.17) is 17.0 Å². The molecule has 0 radical (unpaired) electrons. The summed E-state index contributed by atoms with van der Waals surface area (Å²) >= 11 is 5.55. The number of pyridine rings is 1. The predicted octanol–water partition coefficient (Wildman–Crippen LogP) is 0.612. The van der Waals surface area contributed by atoms with E-state index in [1.807, 2.05) is 13.0 Å². The van der Waals surface area contributed by atoms with Gasteiger partial charge in [-0.2, -0.15) is 0 Å². The van der Waals surface area contributed by atoms with E-state index >= 15 is 0 Å². The van der Waals surface area contributed by atoms with Crippen LogP contribution in [0.25, 0.3) is 10.9 Å². The Bertz CT molecular complexity index is 848. The predicted molar refractivity (Wildman–Crippen MR) is 115 cm³/mol. The minimum atomic E-state index is -0.0573. The van der Waals surface area contributed by atoms with Gasteiger partial charge in [-0.15, -0.1) is 0 Å². The van der Waals surface area contributed by atoms with Crippen LogP contribution in [0.1, 0.15) is 16.7 Å². The van der Waals surface area contributed by atoms with Gasteiger partial charge >= 0.3 is 0 Å². The normalized spacial score (nSPS) is 11.2. The zero-order chi connectivity index (χ0) is 20.0. The molecule has 2 aromatic rings. The van der Waals surface area contributed by atoms with Crippen LogP contribution in [0.2, 0.25) is 0 Å². The number of aromatic nitrogens is 1. The van der Waals surface area contributed by atoms with Crippen LogP contribution in [-0.4, -0.2) is 62.4 Å². The molecule has 1 aromatic heterocycles. The van der Waals surface area contributed by atoms with Crippen molar-refractivity contribution in [2.24, 2.45) is 0 Å². The van der Waals surface area contributed by atoms with Crippen LogP contribution in [0, 0.1) is 13.8 Å². The molecule has 148 valence electrons. The summed E-state index contributed by atoms with van der Waals surface area (Å²) < 4.78 is 5.08. The van der Waals surface area contributed by atoms with Crippen molar-refractivity contribution in [3.8, 4) is 0 Å². The molecule has 1 heterocycles. The minimum Gasteiger partial charge on any atom is -0.383 e. The molecule has 0 amide bonds. The molecule has 0 atom stereocenters. The Morgan fingerprint density at radius 1 is 1.33 bits per heavy atom. The lowest BCUT2D eigenvalue weighted by Gasteiger charge is -2.26. The number of likely N-dealkylation sites (N-methyl/N-ethyl adjacent to an activating group) is 1. The summed E-state index contributed by atoms with van der Waals surface area (Å²) in [5, 5.41) is 4.90. The number of quaternary nitrogens is 1. The largest absolute Gasteiger partial charge is 0.383 e. The average molecular weight is 392 g/mol. The van der Waals surface area contributed by atoms with Crippen molar-refractivity contribution in [1.29, 1.82) is 0 Å². The van der Waals surface area contributed by atoms with E-state index in [1.165, 1.54) is 10.5 Å². The molecule has 2 rings (SSSR count). The molecule has 3 N–H and O–H groups in total. The van der Waals surface area contributed by atoms with Crippen LogP contribution in [0.5, 0.6) is 0 Å². The fourth-order valence-electron chi connectivity index (χ4n) is 2.88. The number of H-pyrrole nitrogens is 1. The Hall–Kier alpha value is -1.96. The molecular formula is C20H31N4O2S+. The Morgan fingerprint density at radius 2 is 2.07 bits per heavy atom. The molecule has 0 unspecified atom stereocenters. The number of hydrogen-bond donors (Lipinski definition) is 3. The molecule has 0 aliphatic heterocycles. The summed E-state index contributed by atoms with van der Waals surface area (Å²) in [7, 11) is 5.87. The molecule has 1 aromatic carbocycles. The van der Waals surface area contributed by atoms with Crippen LogP contribution in [0.3, 0.4) is 0 Å². The van der Waals surface area contributed by atoms with Gasteiger partial charge in [0.15, 0.2) is 5.11 Å². The lowest BCUT2D eigenvalue weighted by atomic mass is 10.0. The number of ether oxygens (including phenoxy) is 1. The summed E-state index contributed by atoms with van der Waals surface area (Å²) in [6.45, 7) is 7.49. The van der Waals surface area contributed by atoms with Crippen molar-refractivity contribution < 1.29 is 9.64 Å². The van der Waals surface area contributed by atoms with Crippen LogP contribution in [-0.2, 0) is 11.3 Å². The van der Waals surface area contributed by atoms with Crippen LogP contribution in [0.15, 0.2) is 23.0 Å². The zero-order valence-electron chi connectivity index (χ0n) is 16.9. The maximum atomic E-state index is 12.7. The molecule has 7 heteroatoms. The molecule has 0 aliphatic rings. The summed E-state index contributed by atoms with van der Waals surface area (Å²) in [5.41, 5.74) is 3.85. The van der Waals surface area contributed by atoms with Crippen molar-refractivity contribution in [3.05, 3.63) is 45.2 Å². The first-order valence-corrected chi connectivity index (χ1v) is 9.67. The molecule has 0 aliphatic carbocycles. The van der Waals surface area contributed by atoms with Crippen molar-refractivity contribution in [2.75, 3.05) is 47.4 Å². The zero-order valence-corrected chi connectivity index (χ0v) is 17.8. The highest BCUT2D eigenvalue weighted by atomic mass is 32.1. The number of methoxy groups -OCH3 is 1. The Morgan fingerprint density at radius 3 is 2.74 bits per heavy atom. The quantitative estimate of drug-likeness (QED) is 0.455. The Labute approximate surface area is 166 Å². The Balaban J connectivity index is 2.27. The maximum absolute atomic E-state index is 12.7. The van der Waals surface area contributed by atoms with Crippen LogP contribution >= 0.6 is 12.2 Å². The van der Waals surface area contributed by atoms with Crippen LogP contribution in [0.4, 0.5) is 0 Å². The van der Waals surface area contributed by atoms with Gasteiger partial charge in [-0.3, -0.25) is 4.79 Å². The summed E-state index contributed by atoms with van der Waals surface area (Å²) in [5.74, 6) is 0. The van der Waals surface area contributed by atoms with E-state index in [1.54, 1.807) is 7.11 Å². The highest BCUT2D eigenvalue weighted by molar-refractivity contribution is 7.80. The monoisotopic (exact) mass is 391 g/mol. The first-order valence-electron chi connectivity index (χ1n) is 9.26. The molecule has 0 saturated carbocycles. The maximum Gasteiger partial charge on any atom is 0.253 e. The molecule has 27 heavy (non-hydrogen) atoms. The van der Waals surface area contributed by atoms with E-state index < -0.39 is 0 Å². The van der Waals surface area contributed by atoms with Crippen molar-refractivity contribution >= 4 is 28.2 Å². The first-order chi connectivity index (χ1) is 12.8. The van der Waals surface area contributed by atoms with Crippen LogP contribution < -0.4 is 15.8 Å². The summed E-state index contributed by atoms with van der Waals surface area (Å²) in [4.78, 5) is 19.1. The van der Waals surface area contributed by atoms with Gasteiger partial charge in [-0.1, -0.05) is 12.1 Å². The van der Waals surface area contributed by atoms with Gasteiger partial charge in [-0.25, -0.2) is 0 Å². The van der Waals surface area contributed by atoms with Gasteiger partial charge in [0.1, 0.15) is 0 Å². The molecule has 0 saturated heterocycles. The van der Waals surface area contributed by atoms with Gasteiger partial charge in [0.2, 0.25) is 0 Å². The number of nitrogens with one attached hydrogen (secondary N) is 3. The third kappa shape index (κ3) is 5.76. The molecule has 6 nitrogen and oxygen atoms in total. The number of benzene rings is 1. The topological polar surface area (TPSA) is 61.8 Å². The second-order valence-corrected chi connectivity index (χ2v) is 7.59. The van der Waals surface area contributed by atoms with E-state index in [0.29, 0.717) is 24.8 Å². The fourth-order valence-corrected chi connectivity index (χ4v) is 3.13. The smallest absolute Gasteiger partial charge is 0.253 e. The molecule has 0 spiro atoms. The lowest BCUT2D eigenvalue weighted by molar-refractivity contribution is -0.857. The number of aryl methyl sites for hydroxylation is 2. The highest BCUT2D eigenvalue weighted by Crippen LogP contribution is 2.19. The summed E-state index contributed by atoms with van der Waals surface area (Å²) in [6, 6.07) is 6.12. The van der Waals surface area contributed by atoms with Gasteiger partial charge in [0.25, 0.3) is 5.56 Å². The number of thiocarbonyl (C=S) groups is 1. The number of fused-ring (bicyclic) bond motifs is 1. The average Bonchev–Trinajstić information content (AvgIpc) is 2.62. The highest BCUT2D eigenvalue weighted by Gasteiger charge is 2.15. The number of hydrogen-bond acceptors (Lipinski definition) is 3. The first kappa shape index (κ1) is 21.3. The second kappa shape index (κ2) is 9.82. The van der Waals surface area contributed by atoms with E-state index in [9.17, 15) is 4.79 Å². The molecule has 0 fully saturated rings. The minimum absolute atomic E-state index is 0.0573. The van der Waals surface area contributed by atoms with E-state index in [-0.39, 0.29) is 5.56 Å². The third-order valence-corrected chi connectivity index (χ3v) is 5.14. The summed E-state index contributed by atoms with van der Waals surface area (Å²) in [6.07, 6.45) is 0. The third-order valence-electron chi connectivity index (χ3n) is 4.74.